The van der Waals surface area contributed by atoms with Crippen LogP contribution in [0, 0.1) is 0 Å². The maximum Gasteiger partial charge on any atom is 0.449 e. The number of fused-ring (bicyclic) bond motifs is 2. The zero-order valence-corrected chi connectivity index (χ0v) is 20.1. The van der Waals surface area contributed by atoms with Crippen LogP contribution in [-0.4, -0.2) is 33.3 Å². The Balaban J connectivity index is 1.62. The maximum atomic E-state index is 13.8. The fourth-order valence-electron chi connectivity index (χ4n) is 4.52. The number of nitrogens with zero attached hydrogens (tertiary/aromatic N) is 4. The highest BCUT2D eigenvalue weighted by Gasteiger charge is 2.39. The molecule has 0 aliphatic rings. The van der Waals surface area contributed by atoms with Crippen LogP contribution in [0.2, 0.25) is 0 Å². The van der Waals surface area contributed by atoms with E-state index in [2.05, 4.69) is 9.97 Å². The number of ether oxygens (including phenoxy) is 2. The van der Waals surface area contributed by atoms with Crippen molar-refractivity contribution in [2.75, 3.05) is 14.2 Å². The van der Waals surface area contributed by atoms with Gasteiger partial charge in [-0.2, -0.15) is 26.3 Å². The van der Waals surface area contributed by atoms with E-state index in [0.717, 1.165) is 9.13 Å². The number of hydrogen-bond acceptors (Lipinski definition) is 4. The van der Waals surface area contributed by atoms with Crippen molar-refractivity contribution in [3.8, 4) is 11.5 Å². The van der Waals surface area contributed by atoms with Crippen LogP contribution in [0.5, 0.6) is 11.5 Å². The average molecular weight is 534 g/mol. The number of benzene rings is 3. The summed E-state index contributed by atoms with van der Waals surface area (Å²) in [6.45, 7) is -0.534. The first kappa shape index (κ1) is 25.4. The van der Waals surface area contributed by atoms with Gasteiger partial charge in [0.05, 0.1) is 49.4 Å². The molecule has 0 spiro atoms. The molecule has 0 unspecified atom stereocenters. The summed E-state index contributed by atoms with van der Waals surface area (Å²) in [4.78, 5) is 7.51. The van der Waals surface area contributed by atoms with Crippen molar-refractivity contribution >= 4 is 22.1 Å². The van der Waals surface area contributed by atoms with Gasteiger partial charge in [-0.05, 0) is 36.4 Å². The molecule has 198 valence electrons. The second-order valence-corrected chi connectivity index (χ2v) is 8.49. The van der Waals surface area contributed by atoms with Crippen LogP contribution in [0.3, 0.4) is 0 Å². The van der Waals surface area contributed by atoms with Gasteiger partial charge in [0.15, 0.2) is 0 Å². The van der Waals surface area contributed by atoms with Gasteiger partial charge in [-0.3, -0.25) is 0 Å². The number of alkyl halides is 6. The van der Waals surface area contributed by atoms with Crippen LogP contribution in [0.25, 0.3) is 22.1 Å². The molecule has 0 radical (unpaired) electrons. The van der Waals surface area contributed by atoms with Crippen molar-refractivity contribution in [1.29, 1.82) is 0 Å². The minimum Gasteiger partial charge on any atom is -0.496 e. The number of rotatable bonds is 6. The van der Waals surface area contributed by atoms with E-state index in [9.17, 15) is 26.3 Å². The van der Waals surface area contributed by atoms with Gasteiger partial charge in [0.25, 0.3) is 0 Å². The second kappa shape index (κ2) is 9.26. The van der Waals surface area contributed by atoms with Gasteiger partial charge in [0, 0.05) is 11.1 Å². The third-order valence-corrected chi connectivity index (χ3v) is 6.16. The average Bonchev–Trinajstić information content (AvgIpc) is 3.43. The Kier molecular flexibility index (Phi) is 6.20. The molecule has 0 aliphatic heterocycles. The van der Waals surface area contributed by atoms with E-state index in [4.69, 9.17) is 9.47 Å². The molecule has 0 saturated carbocycles. The van der Waals surface area contributed by atoms with Crippen molar-refractivity contribution in [1.82, 2.24) is 19.1 Å². The first-order chi connectivity index (χ1) is 18.0. The Bertz CT molecular complexity index is 1510. The van der Waals surface area contributed by atoms with Crippen molar-refractivity contribution in [3.05, 3.63) is 83.4 Å². The van der Waals surface area contributed by atoms with E-state index in [1.807, 2.05) is 0 Å². The van der Waals surface area contributed by atoms with Gasteiger partial charge in [0.1, 0.15) is 11.5 Å². The number of hydrogen-bond donors (Lipinski definition) is 0. The zero-order chi connectivity index (χ0) is 27.2. The molecule has 0 fully saturated rings. The lowest BCUT2D eigenvalue weighted by Gasteiger charge is -2.19. The van der Waals surface area contributed by atoms with Crippen LogP contribution in [0.1, 0.15) is 22.8 Å². The van der Waals surface area contributed by atoms with E-state index >= 15 is 0 Å². The molecule has 0 aliphatic carbocycles. The molecule has 0 N–H and O–H groups in total. The summed E-state index contributed by atoms with van der Waals surface area (Å²) >= 11 is 0. The largest absolute Gasteiger partial charge is 0.496 e. The molecule has 2 aromatic heterocycles. The lowest BCUT2D eigenvalue weighted by molar-refractivity contribution is -0.147. The molecule has 3 aromatic carbocycles. The SMILES string of the molecule is COc1cc(Cn2c(C(F)(F)F)nc3ccccc32)c(OC)cc1Cn1c(C(F)(F)F)nc2ccccc21. The zero-order valence-electron chi connectivity index (χ0n) is 20.1. The lowest BCUT2D eigenvalue weighted by Crippen LogP contribution is -2.17. The van der Waals surface area contributed by atoms with Gasteiger partial charge in [-0.25, -0.2) is 9.97 Å². The monoisotopic (exact) mass is 534 g/mol. The molecule has 0 bridgehead atoms. The van der Waals surface area contributed by atoms with E-state index in [1.54, 1.807) is 24.3 Å². The molecule has 38 heavy (non-hydrogen) atoms. The summed E-state index contributed by atoms with van der Waals surface area (Å²) in [5, 5.41) is 0. The Morgan fingerprint density at radius 3 is 1.34 bits per heavy atom. The highest BCUT2D eigenvalue weighted by atomic mass is 19.4. The number of halogens is 6. The van der Waals surface area contributed by atoms with Crippen molar-refractivity contribution < 1.29 is 35.8 Å². The van der Waals surface area contributed by atoms with Crippen LogP contribution in [0.15, 0.2) is 60.7 Å². The molecule has 12 heteroatoms. The number of para-hydroxylation sites is 4. The summed E-state index contributed by atoms with van der Waals surface area (Å²) in [5.74, 6) is -1.79. The topological polar surface area (TPSA) is 54.1 Å². The molecule has 0 amide bonds. The van der Waals surface area contributed by atoms with E-state index in [1.165, 1.54) is 50.6 Å². The Hall–Kier alpha value is -4.22. The van der Waals surface area contributed by atoms with Crippen LogP contribution in [0.4, 0.5) is 26.3 Å². The third kappa shape index (κ3) is 4.50. The predicted octanol–water partition coefficient (Wildman–Crippen LogP) is 6.54. The third-order valence-electron chi connectivity index (χ3n) is 6.16. The van der Waals surface area contributed by atoms with Gasteiger partial charge in [-0.1, -0.05) is 24.3 Å². The smallest absolute Gasteiger partial charge is 0.449 e. The van der Waals surface area contributed by atoms with Crippen molar-refractivity contribution in [3.63, 3.8) is 0 Å². The summed E-state index contributed by atoms with van der Waals surface area (Å²) < 4.78 is 95.9. The van der Waals surface area contributed by atoms with Crippen LogP contribution in [-0.2, 0) is 25.4 Å². The van der Waals surface area contributed by atoms with Crippen LogP contribution >= 0.6 is 0 Å². The lowest BCUT2D eigenvalue weighted by atomic mass is 10.1. The highest BCUT2D eigenvalue weighted by Crippen LogP contribution is 2.37. The Morgan fingerprint density at radius 2 is 1.00 bits per heavy atom. The fourth-order valence-corrected chi connectivity index (χ4v) is 4.52. The minimum absolute atomic E-state index is 0.175. The summed E-state index contributed by atoms with van der Waals surface area (Å²) in [6, 6.07) is 15.3. The number of methoxy groups -OCH3 is 2. The molecule has 0 saturated heterocycles. The minimum atomic E-state index is -4.72. The first-order valence-corrected chi connectivity index (χ1v) is 11.3. The number of aromatic nitrogens is 4. The quantitative estimate of drug-likeness (QED) is 0.232. The molecule has 2 heterocycles. The molecule has 6 nitrogen and oxygen atoms in total. The second-order valence-electron chi connectivity index (χ2n) is 8.49. The van der Waals surface area contributed by atoms with Gasteiger partial charge >= 0.3 is 12.4 Å². The first-order valence-electron chi connectivity index (χ1n) is 11.3. The van der Waals surface area contributed by atoms with Crippen molar-refractivity contribution in [2.45, 2.75) is 25.4 Å². The highest BCUT2D eigenvalue weighted by molar-refractivity contribution is 5.77. The molecular weight excluding hydrogens is 514 g/mol. The fraction of sp³-hybridized carbons (Fsp3) is 0.231. The standard InChI is InChI=1S/C26H20F6N4O2/c1-37-21-11-16(14-36-20-10-6-4-8-18(20)34-24(36)26(30,31)32)22(38-2)12-15(21)13-35-19-9-5-3-7-17(19)33-23(35)25(27,28)29/h3-12H,13-14H2,1-2H3. The maximum absolute atomic E-state index is 13.8. The van der Waals surface area contributed by atoms with E-state index in [0.29, 0.717) is 11.1 Å². The number of imidazole rings is 2. The normalized spacial score (nSPS) is 12.4. The Labute approximate surface area is 212 Å². The van der Waals surface area contributed by atoms with Crippen molar-refractivity contribution in [2.24, 2.45) is 0 Å². The summed E-state index contributed by atoms with van der Waals surface area (Å²) in [5.41, 5.74) is 1.54. The molecule has 0 atom stereocenters. The molecule has 5 aromatic rings. The predicted molar refractivity (Wildman–Crippen MR) is 127 cm³/mol. The van der Waals surface area contributed by atoms with Crippen LogP contribution < -0.4 is 9.47 Å². The summed E-state index contributed by atoms with van der Waals surface area (Å²) in [7, 11) is 2.67. The van der Waals surface area contributed by atoms with E-state index < -0.39 is 24.0 Å². The Morgan fingerprint density at radius 1 is 0.632 bits per heavy atom. The summed E-state index contributed by atoms with van der Waals surface area (Å²) in [6.07, 6.45) is -9.43. The molecule has 5 rings (SSSR count). The van der Waals surface area contributed by atoms with Gasteiger partial charge in [-0.15, -0.1) is 0 Å². The van der Waals surface area contributed by atoms with Gasteiger partial charge < -0.3 is 18.6 Å². The van der Waals surface area contributed by atoms with E-state index in [-0.39, 0.29) is 46.7 Å². The van der Waals surface area contributed by atoms with Gasteiger partial charge in [0.2, 0.25) is 11.6 Å². The molecular formula is C26H20F6N4O2.